The number of hydrogen-bond acceptors (Lipinski definition) is 6. The van der Waals surface area contributed by atoms with Crippen LogP contribution >= 0.6 is 11.6 Å². The van der Waals surface area contributed by atoms with Crippen LogP contribution in [0.1, 0.15) is 24.2 Å². The molecule has 1 saturated heterocycles. The Kier molecular flexibility index (Phi) is 4.09. The fraction of sp³-hybridized carbons (Fsp3) is 0.214. The SMILES string of the molecule is CC1(C)OC(=O)C(=CNc2ccc(Cl)c(C(N)=O)c2)C(=O)O1. The van der Waals surface area contributed by atoms with Gasteiger partial charge in [0.1, 0.15) is 0 Å². The molecule has 1 aliphatic rings. The molecule has 0 aromatic heterocycles. The molecule has 0 saturated carbocycles. The minimum absolute atomic E-state index is 0.111. The van der Waals surface area contributed by atoms with Crippen LogP contribution in [0, 0.1) is 0 Å². The topological polar surface area (TPSA) is 108 Å². The number of halogens is 1. The van der Waals surface area contributed by atoms with Crippen LogP contribution < -0.4 is 11.1 Å². The number of amides is 1. The highest BCUT2D eigenvalue weighted by atomic mass is 35.5. The van der Waals surface area contributed by atoms with E-state index in [2.05, 4.69) is 5.32 Å². The number of nitrogens with one attached hydrogen (secondary N) is 1. The minimum atomic E-state index is -1.30. The number of cyclic esters (lactones) is 2. The highest BCUT2D eigenvalue weighted by Crippen LogP contribution is 2.24. The van der Waals surface area contributed by atoms with Crippen molar-refractivity contribution in [2.45, 2.75) is 19.6 Å². The summed E-state index contributed by atoms with van der Waals surface area (Å²) in [5, 5.41) is 2.89. The fourth-order valence-electron chi connectivity index (χ4n) is 1.74. The molecule has 0 spiro atoms. The van der Waals surface area contributed by atoms with Crippen LogP contribution in [0.5, 0.6) is 0 Å². The summed E-state index contributed by atoms with van der Waals surface area (Å²) >= 11 is 5.83. The average molecular weight is 325 g/mol. The number of carbonyl (C=O) groups excluding carboxylic acids is 3. The van der Waals surface area contributed by atoms with E-state index in [0.717, 1.165) is 6.20 Å². The average Bonchev–Trinajstić information content (AvgIpc) is 2.37. The molecule has 1 fully saturated rings. The Morgan fingerprint density at radius 1 is 1.27 bits per heavy atom. The second kappa shape index (κ2) is 5.69. The number of carbonyl (C=O) groups is 3. The molecule has 3 N–H and O–H groups in total. The van der Waals surface area contributed by atoms with Gasteiger partial charge in [-0.2, -0.15) is 0 Å². The minimum Gasteiger partial charge on any atom is -0.419 e. The molecular formula is C14H13ClN2O5. The van der Waals surface area contributed by atoms with Crippen molar-refractivity contribution < 1.29 is 23.9 Å². The van der Waals surface area contributed by atoms with E-state index in [1.807, 2.05) is 0 Å². The molecule has 1 aliphatic heterocycles. The molecular weight excluding hydrogens is 312 g/mol. The van der Waals surface area contributed by atoms with Gasteiger partial charge in [0.25, 0.3) is 5.79 Å². The number of nitrogens with two attached hydrogens (primary N) is 1. The summed E-state index contributed by atoms with van der Waals surface area (Å²) in [6.45, 7) is 2.90. The van der Waals surface area contributed by atoms with Crippen LogP contribution in [0.25, 0.3) is 0 Å². The van der Waals surface area contributed by atoms with E-state index in [9.17, 15) is 14.4 Å². The molecule has 8 heteroatoms. The third kappa shape index (κ3) is 3.37. The monoisotopic (exact) mass is 324 g/mol. The number of ether oxygens (including phenoxy) is 2. The maximum Gasteiger partial charge on any atom is 0.350 e. The zero-order valence-corrected chi connectivity index (χ0v) is 12.6. The van der Waals surface area contributed by atoms with Crippen molar-refractivity contribution in [1.29, 1.82) is 0 Å². The van der Waals surface area contributed by atoms with Crippen molar-refractivity contribution in [3.8, 4) is 0 Å². The van der Waals surface area contributed by atoms with E-state index in [1.54, 1.807) is 6.07 Å². The van der Waals surface area contributed by atoms with Gasteiger partial charge in [-0.05, 0) is 18.2 Å². The van der Waals surface area contributed by atoms with Crippen LogP contribution in [0.15, 0.2) is 30.0 Å². The van der Waals surface area contributed by atoms with Crippen molar-refractivity contribution >= 4 is 35.1 Å². The maximum absolute atomic E-state index is 11.7. The van der Waals surface area contributed by atoms with E-state index < -0.39 is 23.6 Å². The summed E-state index contributed by atoms with van der Waals surface area (Å²) in [7, 11) is 0. The number of anilines is 1. The highest BCUT2D eigenvalue weighted by Gasteiger charge is 2.38. The van der Waals surface area contributed by atoms with Crippen LogP contribution in [-0.4, -0.2) is 23.6 Å². The molecule has 1 heterocycles. The molecule has 1 aromatic carbocycles. The Bertz CT molecular complexity index is 674. The van der Waals surface area contributed by atoms with Crippen molar-refractivity contribution in [3.05, 3.63) is 40.6 Å². The number of benzene rings is 1. The second-order valence-corrected chi connectivity index (χ2v) is 5.35. The molecule has 0 bridgehead atoms. The first kappa shape index (κ1) is 15.8. The van der Waals surface area contributed by atoms with E-state index in [-0.39, 0.29) is 16.2 Å². The van der Waals surface area contributed by atoms with Gasteiger partial charge in [-0.1, -0.05) is 11.6 Å². The first-order chi connectivity index (χ1) is 10.2. The third-order valence-corrected chi connectivity index (χ3v) is 3.06. The molecule has 116 valence electrons. The van der Waals surface area contributed by atoms with Crippen LogP contribution in [0.4, 0.5) is 5.69 Å². The summed E-state index contributed by atoms with van der Waals surface area (Å²) in [5.41, 5.74) is 5.41. The third-order valence-electron chi connectivity index (χ3n) is 2.73. The lowest BCUT2D eigenvalue weighted by molar-refractivity contribution is -0.222. The number of rotatable bonds is 3. The Labute approximate surface area is 131 Å². The molecule has 1 aromatic rings. The standard InChI is InChI=1S/C14H13ClN2O5/c1-14(2)21-12(19)9(13(20)22-14)6-17-7-3-4-10(15)8(5-7)11(16)18/h3-6,17H,1-2H3,(H2,16,18). The first-order valence-electron chi connectivity index (χ1n) is 6.22. The zero-order chi connectivity index (χ0) is 16.5. The lowest BCUT2D eigenvalue weighted by Gasteiger charge is -2.29. The Morgan fingerprint density at radius 3 is 2.41 bits per heavy atom. The van der Waals surface area contributed by atoms with Gasteiger partial charge in [0.2, 0.25) is 5.91 Å². The Balaban J connectivity index is 2.22. The summed E-state index contributed by atoms with van der Waals surface area (Å²) in [6.07, 6.45) is 1.13. The van der Waals surface area contributed by atoms with Crippen LogP contribution in [-0.2, 0) is 19.1 Å². The molecule has 0 aliphatic carbocycles. The van der Waals surface area contributed by atoms with Gasteiger partial charge in [0, 0.05) is 25.7 Å². The molecule has 7 nitrogen and oxygen atoms in total. The highest BCUT2D eigenvalue weighted by molar-refractivity contribution is 6.33. The normalized spacial score (nSPS) is 16.6. The van der Waals surface area contributed by atoms with E-state index in [0.29, 0.717) is 5.69 Å². The number of hydrogen-bond donors (Lipinski definition) is 2. The summed E-state index contributed by atoms with van der Waals surface area (Å²) < 4.78 is 9.88. The van der Waals surface area contributed by atoms with Crippen molar-refractivity contribution in [2.75, 3.05) is 5.32 Å². The largest absolute Gasteiger partial charge is 0.419 e. The summed E-state index contributed by atoms with van der Waals surface area (Å²) in [5.74, 6) is -3.61. The van der Waals surface area contributed by atoms with Crippen molar-refractivity contribution in [1.82, 2.24) is 0 Å². The summed E-state index contributed by atoms with van der Waals surface area (Å²) in [4.78, 5) is 34.7. The number of esters is 2. The van der Waals surface area contributed by atoms with E-state index in [1.165, 1.54) is 26.0 Å². The van der Waals surface area contributed by atoms with Gasteiger partial charge in [0.15, 0.2) is 5.57 Å². The van der Waals surface area contributed by atoms with Gasteiger partial charge in [-0.25, -0.2) is 9.59 Å². The maximum atomic E-state index is 11.7. The van der Waals surface area contributed by atoms with E-state index in [4.69, 9.17) is 26.8 Å². The van der Waals surface area contributed by atoms with Gasteiger partial charge >= 0.3 is 11.9 Å². The Hall–Kier alpha value is -2.54. The quantitative estimate of drug-likeness (QED) is 0.496. The fourth-order valence-corrected chi connectivity index (χ4v) is 1.95. The lowest BCUT2D eigenvalue weighted by Crippen LogP contribution is -2.42. The molecule has 0 atom stereocenters. The first-order valence-corrected chi connectivity index (χ1v) is 6.60. The molecule has 1 amide bonds. The van der Waals surface area contributed by atoms with Gasteiger partial charge in [-0.15, -0.1) is 0 Å². The van der Waals surface area contributed by atoms with Crippen LogP contribution in [0.2, 0.25) is 5.02 Å². The Morgan fingerprint density at radius 2 is 1.86 bits per heavy atom. The predicted octanol–water partition coefficient (Wildman–Crippen LogP) is 1.57. The second-order valence-electron chi connectivity index (χ2n) is 4.94. The lowest BCUT2D eigenvalue weighted by atomic mass is 10.2. The molecule has 2 rings (SSSR count). The number of primary amides is 1. The van der Waals surface area contributed by atoms with Crippen molar-refractivity contribution in [2.24, 2.45) is 5.73 Å². The van der Waals surface area contributed by atoms with E-state index >= 15 is 0 Å². The zero-order valence-electron chi connectivity index (χ0n) is 11.8. The van der Waals surface area contributed by atoms with Gasteiger partial charge in [-0.3, -0.25) is 4.79 Å². The smallest absolute Gasteiger partial charge is 0.350 e. The van der Waals surface area contributed by atoms with Crippen LogP contribution in [0.3, 0.4) is 0 Å². The molecule has 0 unspecified atom stereocenters. The predicted molar refractivity (Wildman–Crippen MR) is 77.9 cm³/mol. The van der Waals surface area contributed by atoms with Gasteiger partial charge in [0.05, 0.1) is 10.6 Å². The molecule has 22 heavy (non-hydrogen) atoms. The summed E-state index contributed by atoms with van der Waals surface area (Å²) in [6, 6.07) is 4.41. The molecule has 0 radical (unpaired) electrons. The van der Waals surface area contributed by atoms with Crippen molar-refractivity contribution in [3.63, 3.8) is 0 Å². The van der Waals surface area contributed by atoms with Gasteiger partial charge < -0.3 is 20.5 Å².